The topological polar surface area (TPSA) is 29.4 Å². The zero-order valence-electron chi connectivity index (χ0n) is 12.2. The SMILES string of the molecule is CCc1ccc(C(C)C)c(C2(N=C=O)CCCC2)c1. The lowest BCUT2D eigenvalue weighted by Gasteiger charge is -2.28. The van der Waals surface area contributed by atoms with E-state index >= 15 is 0 Å². The fraction of sp³-hybridized carbons (Fsp3) is 0.588. The smallest absolute Gasteiger partial charge is 0.211 e. The standard InChI is InChI=1S/C17H23NO/c1-4-14-7-8-15(13(2)3)16(11-14)17(18-12-19)9-5-6-10-17/h7-8,11,13H,4-6,9-10H2,1-3H3. The zero-order valence-corrected chi connectivity index (χ0v) is 12.2. The first-order valence-corrected chi connectivity index (χ1v) is 7.35. The van der Waals surface area contributed by atoms with E-state index in [0.29, 0.717) is 5.92 Å². The Labute approximate surface area is 115 Å². The third kappa shape index (κ3) is 2.64. The Morgan fingerprint density at radius 1 is 1.32 bits per heavy atom. The molecule has 1 aromatic carbocycles. The molecule has 0 aromatic heterocycles. The Kier molecular flexibility index (Phi) is 4.21. The number of rotatable bonds is 4. The lowest BCUT2D eigenvalue weighted by molar-refractivity contribution is 0.449. The van der Waals surface area contributed by atoms with Crippen molar-refractivity contribution in [3.8, 4) is 0 Å². The minimum atomic E-state index is -0.299. The molecule has 2 heteroatoms. The summed E-state index contributed by atoms with van der Waals surface area (Å²) in [7, 11) is 0. The van der Waals surface area contributed by atoms with Crippen molar-refractivity contribution < 1.29 is 4.79 Å². The summed E-state index contributed by atoms with van der Waals surface area (Å²) < 4.78 is 0. The fourth-order valence-electron chi connectivity index (χ4n) is 3.22. The molecule has 102 valence electrons. The average Bonchev–Trinajstić information content (AvgIpc) is 2.88. The Morgan fingerprint density at radius 2 is 2.00 bits per heavy atom. The third-order valence-electron chi connectivity index (χ3n) is 4.34. The normalized spacial score (nSPS) is 17.5. The summed E-state index contributed by atoms with van der Waals surface area (Å²) in [4.78, 5) is 15.1. The highest BCUT2D eigenvalue weighted by Crippen LogP contribution is 2.45. The number of benzene rings is 1. The summed E-state index contributed by atoms with van der Waals surface area (Å²) in [6.07, 6.45) is 7.11. The van der Waals surface area contributed by atoms with Gasteiger partial charge in [-0.2, -0.15) is 4.99 Å². The number of carbonyl (C=O) groups excluding carboxylic acids is 1. The minimum absolute atomic E-state index is 0.299. The van der Waals surface area contributed by atoms with E-state index in [1.54, 1.807) is 0 Å². The summed E-state index contributed by atoms with van der Waals surface area (Å²) >= 11 is 0. The molecule has 0 saturated heterocycles. The van der Waals surface area contributed by atoms with E-state index in [4.69, 9.17) is 0 Å². The van der Waals surface area contributed by atoms with Gasteiger partial charge in [-0.15, -0.1) is 0 Å². The van der Waals surface area contributed by atoms with E-state index < -0.39 is 0 Å². The predicted molar refractivity (Wildman–Crippen MR) is 78.2 cm³/mol. The van der Waals surface area contributed by atoms with E-state index in [1.165, 1.54) is 16.7 Å². The predicted octanol–water partition coefficient (Wildman–Crippen LogP) is 4.48. The molecule has 1 aromatic rings. The van der Waals surface area contributed by atoms with Crippen LogP contribution in [-0.4, -0.2) is 6.08 Å². The van der Waals surface area contributed by atoms with Crippen LogP contribution in [0.15, 0.2) is 23.2 Å². The fourth-order valence-corrected chi connectivity index (χ4v) is 3.22. The molecule has 19 heavy (non-hydrogen) atoms. The van der Waals surface area contributed by atoms with Gasteiger partial charge in [0, 0.05) is 0 Å². The number of hydrogen-bond donors (Lipinski definition) is 0. The van der Waals surface area contributed by atoms with Crippen molar-refractivity contribution >= 4 is 6.08 Å². The van der Waals surface area contributed by atoms with Gasteiger partial charge in [0.25, 0.3) is 0 Å². The van der Waals surface area contributed by atoms with Crippen LogP contribution in [-0.2, 0) is 16.8 Å². The molecule has 0 aliphatic heterocycles. The summed E-state index contributed by atoms with van der Waals surface area (Å²) in [5, 5.41) is 0. The number of nitrogens with zero attached hydrogens (tertiary/aromatic N) is 1. The van der Waals surface area contributed by atoms with Crippen LogP contribution in [0, 0.1) is 0 Å². The lowest BCUT2D eigenvalue weighted by Crippen LogP contribution is -2.22. The lowest BCUT2D eigenvalue weighted by atomic mass is 9.81. The van der Waals surface area contributed by atoms with Crippen LogP contribution < -0.4 is 0 Å². The molecular formula is C17H23NO. The monoisotopic (exact) mass is 257 g/mol. The molecule has 1 fully saturated rings. The van der Waals surface area contributed by atoms with Crippen LogP contribution in [0.3, 0.4) is 0 Å². The molecule has 2 nitrogen and oxygen atoms in total. The molecular weight excluding hydrogens is 234 g/mol. The highest BCUT2D eigenvalue weighted by molar-refractivity contribution is 5.44. The second-order valence-corrected chi connectivity index (χ2v) is 5.87. The van der Waals surface area contributed by atoms with Gasteiger partial charge in [-0.05, 0) is 41.9 Å². The number of aryl methyl sites for hydroxylation is 1. The maximum atomic E-state index is 10.9. The van der Waals surface area contributed by atoms with Crippen molar-refractivity contribution in [1.29, 1.82) is 0 Å². The van der Waals surface area contributed by atoms with Gasteiger partial charge in [0.2, 0.25) is 6.08 Å². The van der Waals surface area contributed by atoms with E-state index in [9.17, 15) is 4.79 Å². The molecule has 1 aliphatic carbocycles. The maximum Gasteiger partial charge on any atom is 0.235 e. The van der Waals surface area contributed by atoms with Gasteiger partial charge in [0.1, 0.15) is 0 Å². The van der Waals surface area contributed by atoms with Gasteiger partial charge in [0.15, 0.2) is 0 Å². The molecule has 0 atom stereocenters. The highest BCUT2D eigenvalue weighted by atomic mass is 16.1. The Balaban J connectivity index is 2.59. The maximum absolute atomic E-state index is 10.9. The number of aliphatic imine (C=N–C) groups is 1. The summed E-state index contributed by atoms with van der Waals surface area (Å²) in [6.45, 7) is 6.58. The Bertz CT molecular complexity index is 492. The Morgan fingerprint density at radius 3 is 2.53 bits per heavy atom. The molecule has 2 rings (SSSR count). The van der Waals surface area contributed by atoms with Crippen LogP contribution in [0.2, 0.25) is 0 Å². The van der Waals surface area contributed by atoms with Crippen molar-refractivity contribution in [3.05, 3.63) is 34.9 Å². The van der Waals surface area contributed by atoms with Crippen molar-refractivity contribution in [1.82, 2.24) is 0 Å². The van der Waals surface area contributed by atoms with Gasteiger partial charge in [-0.1, -0.05) is 51.8 Å². The first-order valence-electron chi connectivity index (χ1n) is 7.35. The van der Waals surface area contributed by atoms with Crippen molar-refractivity contribution in [2.24, 2.45) is 4.99 Å². The van der Waals surface area contributed by atoms with E-state index in [1.807, 2.05) is 6.08 Å². The summed E-state index contributed by atoms with van der Waals surface area (Å²) in [6, 6.07) is 6.69. The van der Waals surface area contributed by atoms with E-state index in [2.05, 4.69) is 44.0 Å². The molecule has 0 radical (unpaired) electrons. The zero-order chi connectivity index (χ0) is 13.9. The molecule has 0 bridgehead atoms. The average molecular weight is 257 g/mol. The molecule has 0 unspecified atom stereocenters. The highest BCUT2D eigenvalue weighted by Gasteiger charge is 2.37. The van der Waals surface area contributed by atoms with Gasteiger partial charge in [-0.25, -0.2) is 4.79 Å². The summed E-state index contributed by atoms with van der Waals surface area (Å²) in [5.41, 5.74) is 3.62. The van der Waals surface area contributed by atoms with Crippen LogP contribution >= 0.6 is 0 Å². The van der Waals surface area contributed by atoms with Crippen LogP contribution in [0.4, 0.5) is 0 Å². The third-order valence-corrected chi connectivity index (χ3v) is 4.34. The molecule has 0 N–H and O–H groups in total. The molecule has 1 aliphatic rings. The second kappa shape index (κ2) is 5.71. The molecule has 1 saturated carbocycles. The van der Waals surface area contributed by atoms with Gasteiger partial charge >= 0.3 is 0 Å². The molecule has 0 spiro atoms. The first kappa shape index (κ1) is 14.0. The largest absolute Gasteiger partial charge is 0.235 e. The van der Waals surface area contributed by atoms with E-state index in [-0.39, 0.29) is 5.54 Å². The van der Waals surface area contributed by atoms with Crippen LogP contribution in [0.25, 0.3) is 0 Å². The van der Waals surface area contributed by atoms with Crippen molar-refractivity contribution in [2.75, 3.05) is 0 Å². The number of hydrogen-bond acceptors (Lipinski definition) is 2. The number of isocyanates is 1. The van der Waals surface area contributed by atoms with Crippen molar-refractivity contribution in [2.45, 2.75) is 64.3 Å². The first-order chi connectivity index (χ1) is 9.13. The van der Waals surface area contributed by atoms with Crippen molar-refractivity contribution in [3.63, 3.8) is 0 Å². The quantitative estimate of drug-likeness (QED) is 0.577. The van der Waals surface area contributed by atoms with Crippen LogP contribution in [0.1, 0.15) is 69.1 Å². The Hall–Kier alpha value is -1.40. The van der Waals surface area contributed by atoms with Gasteiger partial charge in [0.05, 0.1) is 5.54 Å². The molecule has 0 heterocycles. The van der Waals surface area contributed by atoms with E-state index in [0.717, 1.165) is 32.1 Å². The molecule has 0 amide bonds. The minimum Gasteiger partial charge on any atom is -0.211 e. The summed E-state index contributed by atoms with van der Waals surface area (Å²) in [5.74, 6) is 0.459. The second-order valence-electron chi connectivity index (χ2n) is 5.87. The van der Waals surface area contributed by atoms with Crippen LogP contribution in [0.5, 0.6) is 0 Å². The van der Waals surface area contributed by atoms with Gasteiger partial charge in [-0.3, -0.25) is 0 Å². The van der Waals surface area contributed by atoms with Gasteiger partial charge < -0.3 is 0 Å².